The highest BCUT2D eigenvalue weighted by Crippen LogP contribution is 2.61. The topological polar surface area (TPSA) is 61.8 Å². The Morgan fingerprint density at radius 1 is 0.935 bits per heavy atom. The van der Waals surface area contributed by atoms with Gasteiger partial charge in [0.1, 0.15) is 0 Å². The molecule has 4 aliphatic carbocycles. The van der Waals surface area contributed by atoms with Crippen molar-refractivity contribution in [1.82, 2.24) is 15.1 Å². The normalized spacial score (nSPS) is 35.0. The first-order chi connectivity index (χ1) is 15.2. The molecule has 0 aromatic carbocycles. The third kappa shape index (κ3) is 3.90. The van der Waals surface area contributed by atoms with Gasteiger partial charge in [0.2, 0.25) is 5.91 Å². The number of hydrogen-bond donors (Lipinski definition) is 0. The third-order valence-electron chi connectivity index (χ3n) is 8.65. The lowest BCUT2D eigenvalue weighted by molar-refractivity contribution is -0.139. The van der Waals surface area contributed by atoms with E-state index >= 15 is 0 Å². The number of anilines is 2. The van der Waals surface area contributed by atoms with Crippen LogP contribution in [0.1, 0.15) is 44.9 Å². The summed E-state index contributed by atoms with van der Waals surface area (Å²) in [5.74, 6) is 4.06. The fraction of sp³-hybridized carbons (Fsp3) is 0.792. The van der Waals surface area contributed by atoms with E-state index in [0.717, 1.165) is 88.2 Å². The molecule has 1 aromatic heterocycles. The lowest BCUT2D eigenvalue weighted by Gasteiger charge is -2.57. The predicted molar refractivity (Wildman–Crippen MR) is 119 cm³/mol. The average Bonchev–Trinajstić information content (AvgIpc) is 2.79. The highest BCUT2D eigenvalue weighted by Gasteiger charge is 2.51. The Kier molecular flexibility index (Phi) is 5.04. The largest absolute Gasteiger partial charge is 0.378 e. The summed E-state index contributed by atoms with van der Waals surface area (Å²) in [6, 6.07) is 2.14. The van der Waals surface area contributed by atoms with Gasteiger partial charge in [0.05, 0.1) is 25.1 Å². The molecule has 168 valence electrons. The van der Waals surface area contributed by atoms with Gasteiger partial charge in [0, 0.05) is 51.8 Å². The van der Waals surface area contributed by atoms with Crippen LogP contribution >= 0.6 is 0 Å². The highest BCUT2D eigenvalue weighted by atomic mass is 16.5. The minimum absolute atomic E-state index is 0.334. The van der Waals surface area contributed by atoms with E-state index in [1.54, 1.807) is 0 Å². The molecule has 4 bridgehead atoms. The van der Waals surface area contributed by atoms with E-state index in [-0.39, 0.29) is 0 Å². The molecule has 1 aromatic rings. The molecule has 7 rings (SSSR count). The molecule has 0 atom stereocenters. The molecular formula is C24H35N5O2. The van der Waals surface area contributed by atoms with Gasteiger partial charge >= 0.3 is 0 Å². The lowest BCUT2D eigenvalue weighted by atomic mass is 9.49. The second-order valence-corrected chi connectivity index (χ2v) is 10.8. The first-order valence-corrected chi connectivity index (χ1v) is 12.3. The minimum Gasteiger partial charge on any atom is -0.378 e. The number of nitrogens with zero attached hydrogens (tertiary/aromatic N) is 5. The molecule has 6 fully saturated rings. The summed E-state index contributed by atoms with van der Waals surface area (Å²) < 4.78 is 5.46. The second kappa shape index (κ2) is 7.91. The van der Waals surface area contributed by atoms with E-state index in [9.17, 15) is 4.79 Å². The summed E-state index contributed by atoms with van der Waals surface area (Å²) in [6.07, 6.45) is 10.9. The van der Waals surface area contributed by atoms with Crippen molar-refractivity contribution in [3.8, 4) is 0 Å². The monoisotopic (exact) mass is 425 g/mol. The van der Waals surface area contributed by atoms with Crippen molar-refractivity contribution in [1.29, 1.82) is 0 Å². The molecule has 0 spiro atoms. The Bertz CT molecular complexity index is 781. The highest BCUT2D eigenvalue weighted by molar-refractivity contribution is 5.77. The minimum atomic E-state index is 0.334. The molecule has 2 saturated heterocycles. The van der Waals surface area contributed by atoms with Crippen molar-refractivity contribution in [2.45, 2.75) is 44.9 Å². The van der Waals surface area contributed by atoms with E-state index in [2.05, 4.69) is 31.0 Å². The quantitative estimate of drug-likeness (QED) is 0.739. The van der Waals surface area contributed by atoms with Crippen molar-refractivity contribution in [3.63, 3.8) is 0 Å². The zero-order valence-corrected chi connectivity index (χ0v) is 18.5. The molecule has 1 amide bonds. The summed E-state index contributed by atoms with van der Waals surface area (Å²) in [5.41, 5.74) is 1.45. The number of hydrogen-bond acceptors (Lipinski definition) is 6. The van der Waals surface area contributed by atoms with Crippen LogP contribution in [0.15, 0.2) is 12.3 Å². The number of ether oxygens (including phenoxy) is 1. The van der Waals surface area contributed by atoms with Crippen molar-refractivity contribution in [3.05, 3.63) is 12.3 Å². The Labute approximate surface area is 185 Å². The molecule has 4 saturated carbocycles. The molecule has 0 radical (unpaired) electrons. The third-order valence-corrected chi connectivity index (χ3v) is 8.65. The molecule has 0 N–H and O–H groups in total. The maximum atomic E-state index is 13.2. The molecule has 31 heavy (non-hydrogen) atoms. The van der Waals surface area contributed by atoms with Gasteiger partial charge in [-0.25, -0.2) is 0 Å². The summed E-state index contributed by atoms with van der Waals surface area (Å²) in [5, 5.41) is 8.65. The Balaban J connectivity index is 1.06. The fourth-order valence-electron chi connectivity index (χ4n) is 7.62. The average molecular weight is 426 g/mol. The van der Waals surface area contributed by atoms with Gasteiger partial charge in [0.25, 0.3) is 0 Å². The van der Waals surface area contributed by atoms with Crippen LogP contribution in [-0.2, 0) is 9.53 Å². The van der Waals surface area contributed by atoms with Crippen LogP contribution < -0.4 is 9.80 Å². The van der Waals surface area contributed by atoms with E-state index in [1.807, 2.05) is 6.20 Å². The second-order valence-electron chi connectivity index (χ2n) is 10.8. The number of carbonyl (C=O) groups excluding carboxylic acids is 1. The number of aromatic nitrogens is 2. The van der Waals surface area contributed by atoms with Crippen LogP contribution in [0.3, 0.4) is 0 Å². The Morgan fingerprint density at radius 3 is 2.23 bits per heavy atom. The van der Waals surface area contributed by atoms with Crippen LogP contribution in [-0.4, -0.2) is 73.5 Å². The number of rotatable bonds is 4. The maximum Gasteiger partial charge on any atom is 0.223 e. The summed E-state index contributed by atoms with van der Waals surface area (Å²) in [7, 11) is 0. The summed E-state index contributed by atoms with van der Waals surface area (Å²) in [4.78, 5) is 20.0. The van der Waals surface area contributed by atoms with Crippen LogP contribution in [0.2, 0.25) is 0 Å². The van der Waals surface area contributed by atoms with Gasteiger partial charge in [-0.05, 0) is 61.7 Å². The van der Waals surface area contributed by atoms with E-state index in [0.29, 0.717) is 11.3 Å². The van der Waals surface area contributed by atoms with Gasteiger partial charge in [-0.15, -0.1) is 5.10 Å². The SMILES string of the molecule is O=C(CC12CC3CC(CC(C3)C1)C2)N1CCN(c2cc(N3CCOCC3)cnn2)CC1. The number of piperazine rings is 1. The van der Waals surface area contributed by atoms with Crippen molar-refractivity contribution in [2.75, 3.05) is 62.3 Å². The molecule has 2 aliphatic heterocycles. The van der Waals surface area contributed by atoms with Crippen LogP contribution in [0.4, 0.5) is 11.5 Å². The van der Waals surface area contributed by atoms with E-state index < -0.39 is 0 Å². The fourth-order valence-corrected chi connectivity index (χ4v) is 7.62. The Morgan fingerprint density at radius 2 is 1.58 bits per heavy atom. The van der Waals surface area contributed by atoms with Crippen LogP contribution in [0.5, 0.6) is 0 Å². The lowest BCUT2D eigenvalue weighted by Crippen LogP contribution is -2.52. The zero-order valence-electron chi connectivity index (χ0n) is 18.5. The smallest absolute Gasteiger partial charge is 0.223 e. The van der Waals surface area contributed by atoms with Gasteiger partial charge < -0.3 is 19.4 Å². The molecule has 0 unspecified atom stereocenters. The van der Waals surface area contributed by atoms with Crippen molar-refractivity contribution in [2.24, 2.45) is 23.2 Å². The predicted octanol–water partition coefficient (Wildman–Crippen LogP) is 2.57. The summed E-state index contributed by atoms with van der Waals surface area (Å²) >= 11 is 0. The molecular weight excluding hydrogens is 390 g/mol. The Hall–Kier alpha value is -1.89. The van der Waals surface area contributed by atoms with Crippen LogP contribution in [0, 0.1) is 23.2 Å². The zero-order chi connectivity index (χ0) is 20.8. The standard InChI is InChI=1S/C24H35N5O2/c30-23(16-24-13-18-9-19(14-24)11-20(10-18)15-24)29-3-1-28(2-4-29)22-12-21(17-25-26-22)27-5-7-31-8-6-27/h12,17-20H,1-11,13-16H2. The molecule has 6 aliphatic rings. The van der Waals surface area contributed by atoms with Crippen molar-refractivity contribution < 1.29 is 9.53 Å². The molecule has 7 heteroatoms. The van der Waals surface area contributed by atoms with Gasteiger partial charge in [-0.3, -0.25) is 4.79 Å². The van der Waals surface area contributed by atoms with Crippen molar-refractivity contribution >= 4 is 17.4 Å². The van der Waals surface area contributed by atoms with Gasteiger partial charge in [0.15, 0.2) is 5.82 Å². The molecule has 7 nitrogen and oxygen atoms in total. The number of amides is 1. The van der Waals surface area contributed by atoms with Crippen LogP contribution in [0.25, 0.3) is 0 Å². The maximum absolute atomic E-state index is 13.2. The van der Waals surface area contributed by atoms with E-state index in [1.165, 1.54) is 38.5 Å². The first-order valence-electron chi connectivity index (χ1n) is 12.3. The molecule has 3 heterocycles. The van der Waals surface area contributed by atoms with E-state index in [4.69, 9.17) is 4.74 Å². The number of morpholine rings is 1. The number of carbonyl (C=O) groups is 1. The first kappa shape index (κ1) is 19.8. The van der Waals surface area contributed by atoms with Gasteiger partial charge in [-0.2, -0.15) is 5.10 Å². The summed E-state index contributed by atoms with van der Waals surface area (Å²) in [6.45, 7) is 6.62. The van der Waals surface area contributed by atoms with Gasteiger partial charge in [-0.1, -0.05) is 0 Å².